The topological polar surface area (TPSA) is 48.5 Å². The minimum Gasteiger partial charge on any atom is -0.319 e. The van der Waals surface area contributed by atoms with Crippen molar-refractivity contribution in [2.24, 2.45) is 0 Å². The second kappa shape index (κ2) is 8.12. The van der Waals surface area contributed by atoms with E-state index in [9.17, 15) is 4.79 Å². The molecule has 0 unspecified atom stereocenters. The third kappa shape index (κ3) is 4.79. The molecular formula is C20H26N4O. The van der Waals surface area contributed by atoms with Gasteiger partial charge in [0, 0.05) is 37.7 Å². The molecule has 1 N–H and O–H groups in total. The van der Waals surface area contributed by atoms with Crippen molar-refractivity contribution in [2.45, 2.75) is 25.8 Å². The standard InChI is InChI=1S/C20H26N4O/c1-23(2)11-12-24(15-16-5-4-10-21-14-16)20(25)22-19-9-8-17-6-3-7-18(17)13-19/h4-5,8-10,13-14H,3,6-7,11-12,15H2,1-2H3,(H,22,25). The van der Waals surface area contributed by atoms with Crippen molar-refractivity contribution in [3.8, 4) is 0 Å². The Labute approximate surface area is 149 Å². The monoisotopic (exact) mass is 338 g/mol. The number of pyridine rings is 1. The Bertz CT molecular complexity index is 715. The highest BCUT2D eigenvalue weighted by Crippen LogP contribution is 2.25. The first-order chi connectivity index (χ1) is 12.1. The van der Waals surface area contributed by atoms with Gasteiger partial charge in [-0.05, 0) is 68.2 Å². The van der Waals surface area contributed by atoms with Gasteiger partial charge in [-0.3, -0.25) is 4.98 Å². The summed E-state index contributed by atoms with van der Waals surface area (Å²) >= 11 is 0. The highest BCUT2D eigenvalue weighted by atomic mass is 16.2. The van der Waals surface area contributed by atoms with Crippen molar-refractivity contribution in [3.63, 3.8) is 0 Å². The Morgan fingerprint density at radius 1 is 1.16 bits per heavy atom. The summed E-state index contributed by atoms with van der Waals surface area (Å²) in [5, 5.41) is 3.06. The molecule has 1 aliphatic carbocycles. The molecule has 132 valence electrons. The van der Waals surface area contributed by atoms with E-state index in [2.05, 4.69) is 27.3 Å². The van der Waals surface area contributed by atoms with Crippen LogP contribution in [0.25, 0.3) is 0 Å². The van der Waals surface area contributed by atoms with E-state index in [4.69, 9.17) is 0 Å². The van der Waals surface area contributed by atoms with Crippen molar-refractivity contribution in [2.75, 3.05) is 32.5 Å². The predicted octanol–water partition coefficient (Wildman–Crippen LogP) is 3.17. The van der Waals surface area contributed by atoms with Gasteiger partial charge in [-0.1, -0.05) is 12.1 Å². The van der Waals surface area contributed by atoms with Crippen LogP contribution in [-0.4, -0.2) is 48.0 Å². The molecule has 2 aromatic rings. The number of carbonyl (C=O) groups excluding carboxylic acids is 1. The second-order valence-corrected chi connectivity index (χ2v) is 6.85. The quantitative estimate of drug-likeness (QED) is 0.880. The average Bonchev–Trinajstić information content (AvgIpc) is 3.07. The lowest BCUT2D eigenvalue weighted by atomic mass is 10.1. The van der Waals surface area contributed by atoms with Crippen LogP contribution >= 0.6 is 0 Å². The Balaban J connectivity index is 1.69. The molecule has 3 rings (SSSR count). The van der Waals surface area contributed by atoms with Crippen molar-refractivity contribution in [3.05, 3.63) is 59.4 Å². The Kier molecular flexibility index (Phi) is 5.66. The zero-order valence-electron chi connectivity index (χ0n) is 15.0. The third-order valence-corrected chi connectivity index (χ3v) is 4.55. The molecule has 0 radical (unpaired) electrons. The van der Waals surface area contributed by atoms with Crippen LogP contribution in [0.2, 0.25) is 0 Å². The van der Waals surface area contributed by atoms with Crippen molar-refractivity contribution in [1.82, 2.24) is 14.8 Å². The summed E-state index contributed by atoms with van der Waals surface area (Å²) in [6.07, 6.45) is 7.03. The number of benzene rings is 1. The Morgan fingerprint density at radius 2 is 2.00 bits per heavy atom. The van der Waals surface area contributed by atoms with Crippen LogP contribution in [0.15, 0.2) is 42.7 Å². The molecule has 2 amide bonds. The highest BCUT2D eigenvalue weighted by Gasteiger charge is 2.16. The highest BCUT2D eigenvalue weighted by molar-refractivity contribution is 5.89. The molecule has 0 saturated carbocycles. The summed E-state index contributed by atoms with van der Waals surface area (Å²) in [4.78, 5) is 20.9. The number of carbonyl (C=O) groups is 1. The van der Waals surface area contributed by atoms with Crippen molar-refractivity contribution < 1.29 is 4.79 Å². The SMILES string of the molecule is CN(C)CCN(Cc1cccnc1)C(=O)Nc1ccc2c(c1)CCC2. The van der Waals surface area contributed by atoms with Crippen LogP contribution in [0.1, 0.15) is 23.1 Å². The number of rotatable bonds is 6. The first kappa shape index (κ1) is 17.4. The normalized spacial score (nSPS) is 12.9. The van der Waals surface area contributed by atoms with E-state index in [-0.39, 0.29) is 6.03 Å². The molecule has 0 atom stereocenters. The van der Waals surface area contributed by atoms with Crippen molar-refractivity contribution >= 4 is 11.7 Å². The van der Waals surface area contributed by atoms with E-state index < -0.39 is 0 Å². The Hall–Kier alpha value is -2.40. The number of hydrogen-bond acceptors (Lipinski definition) is 3. The van der Waals surface area contributed by atoms with E-state index in [1.165, 1.54) is 17.5 Å². The van der Waals surface area contributed by atoms with Crippen LogP contribution in [0.5, 0.6) is 0 Å². The zero-order chi connectivity index (χ0) is 17.6. The summed E-state index contributed by atoms with van der Waals surface area (Å²) in [7, 11) is 4.03. The van der Waals surface area contributed by atoms with E-state index >= 15 is 0 Å². The van der Waals surface area contributed by atoms with Gasteiger partial charge >= 0.3 is 6.03 Å². The number of aromatic nitrogens is 1. The maximum absolute atomic E-state index is 12.8. The van der Waals surface area contributed by atoms with E-state index in [0.29, 0.717) is 13.1 Å². The summed E-state index contributed by atoms with van der Waals surface area (Å²) in [6, 6.07) is 10.1. The fourth-order valence-corrected chi connectivity index (χ4v) is 3.14. The minimum absolute atomic E-state index is 0.0661. The molecule has 1 heterocycles. The molecule has 0 saturated heterocycles. The van der Waals surface area contributed by atoms with Gasteiger partial charge < -0.3 is 15.1 Å². The van der Waals surface area contributed by atoms with E-state index in [1.807, 2.05) is 43.4 Å². The number of fused-ring (bicyclic) bond motifs is 1. The minimum atomic E-state index is -0.0661. The molecule has 0 aliphatic heterocycles. The van der Waals surface area contributed by atoms with Gasteiger partial charge in [0.05, 0.1) is 0 Å². The lowest BCUT2D eigenvalue weighted by Crippen LogP contribution is -2.39. The number of urea groups is 1. The first-order valence-corrected chi connectivity index (χ1v) is 8.83. The molecule has 1 aromatic carbocycles. The lowest BCUT2D eigenvalue weighted by molar-refractivity contribution is 0.202. The van der Waals surface area contributed by atoms with Gasteiger partial charge in [-0.25, -0.2) is 4.79 Å². The fraction of sp³-hybridized carbons (Fsp3) is 0.400. The molecule has 0 bridgehead atoms. The number of likely N-dealkylation sites (N-methyl/N-ethyl adjacent to an activating group) is 1. The van der Waals surface area contributed by atoms with Crippen molar-refractivity contribution in [1.29, 1.82) is 0 Å². The summed E-state index contributed by atoms with van der Waals surface area (Å²) in [6.45, 7) is 2.04. The molecule has 0 spiro atoms. The summed E-state index contributed by atoms with van der Waals surface area (Å²) in [5.74, 6) is 0. The number of nitrogens with zero attached hydrogens (tertiary/aromatic N) is 3. The van der Waals surface area contributed by atoms with Gasteiger partial charge in [-0.2, -0.15) is 0 Å². The van der Waals surface area contributed by atoms with Crippen LogP contribution in [0, 0.1) is 0 Å². The number of hydrogen-bond donors (Lipinski definition) is 1. The molecule has 5 nitrogen and oxygen atoms in total. The maximum Gasteiger partial charge on any atom is 0.322 e. The average molecular weight is 338 g/mol. The van der Waals surface area contributed by atoms with Crippen LogP contribution in [-0.2, 0) is 19.4 Å². The molecule has 5 heteroatoms. The smallest absolute Gasteiger partial charge is 0.319 e. The maximum atomic E-state index is 12.8. The predicted molar refractivity (Wildman–Crippen MR) is 101 cm³/mol. The van der Waals surface area contributed by atoms with Gasteiger partial charge in [0.15, 0.2) is 0 Å². The fourth-order valence-electron chi connectivity index (χ4n) is 3.14. The third-order valence-electron chi connectivity index (χ3n) is 4.55. The number of nitrogens with one attached hydrogen (secondary N) is 1. The van der Waals surface area contributed by atoms with Crippen LogP contribution in [0.3, 0.4) is 0 Å². The van der Waals surface area contributed by atoms with Gasteiger partial charge in [0.25, 0.3) is 0 Å². The molecule has 25 heavy (non-hydrogen) atoms. The molecular weight excluding hydrogens is 312 g/mol. The van der Waals surface area contributed by atoms with Crippen LogP contribution in [0.4, 0.5) is 10.5 Å². The molecule has 1 aromatic heterocycles. The van der Waals surface area contributed by atoms with Gasteiger partial charge in [0.1, 0.15) is 0 Å². The zero-order valence-corrected chi connectivity index (χ0v) is 15.0. The van der Waals surface area contributed by atoms with E-state index in [0.717, 1.165) is 30.6 Å². The number of anilines is 1. The van der Waals surface area contributed by atoms with Gasteiger partial charge in [0.2, 0.25) is 0 Å². The van der Waals surface area contributed by atoms with E-state index in [1.54, 1.807) is 6.20 Å². The lowest BCUT2D eigenvalue weighted by Gasteiger charge is -2.25. The summed E-state index contributed by atoms with van der Waals surface area (Å²) in [5.41, 5.74) is 4.69. The number of aryl methyl sites for hydroxylation is 2. The molecule has 1 aliphatic rings. The van der Waals surface area contributed by atoms with Gasteiger partial charge in [-0.15, -0.1) is 0 Å². The Morgan fingerprint density at radius 3 is 2.76 bits per heavy atom. The largest absolute Gasteiger partial charge is 0.322 e. The van der Waals surface area contributed by atoms with Crippen LogP contribution < -0.4 is 5.32 Å². The second-order valence-electron chi connectivity index (χ2n) is 6.85. The summed E-state index contributed by atoms with van der Waals surface area (Å²) < 4.78 is 0. The molecule has 0 fully saturated rings. The first-order valence-electron chi connectivity index (χ1n) is 8.83. The number of amides is 2.